The zero-order valence-electron chi connectivity index (χ0n) is 14.8. The van der Waals surface area contributed by atoms with Crippen LogP contribution in [0.15, 0.2) is 30.5 Å². The van der Waals surface area contributed by atoms with Crippen molar-refractivity contribution in [2.24, 2.45) is 0 Å². The van der Waals surface area contributed by atoms with Crippen LogP contribution in [0.1, 0.15) is 20.3 Å². The fraction of sp³-hybridized carbons (Fsp3) is 0.474. The Kier molecular flexibility index (Phi) is 5.76. The van der Waals surface area contributed by atoms with Gasteiger partial charge in [0.15, 0.2) is 0 Å². The number of benzene rings is 1. The van der Waals surface area contributed by atoms with Crippen molar-refractivity contribution in [1.29, 1.82) is 0 Å². The van der Waals surface area contributed by atoms with Crippen molar-refractivity contribution in [3.63, 3.8) is 0 Å². The molecule has 0 saturated carbocycles. The summed E-state index contributed by atoms with van der Waals surface area (Å²) in [7, 11) is 0. The van der Waals surface area contributed by atoms with E-state index in [0.29, 0.717) is 11.6 Å². The minimum atomic E-state index is 0.117. The Morgan fingerprint density at radius 1 is 1.28 bits per heavy atom. The summed E-state index contributed by atoms with van der Waals surface area (Å²) >= 11 is 6.07. The maximum atomic E-state index is 12.1. The minimum Gasteiger partial charge on any atom is -0.368 e. The van der Waals surface area contributed by atoms with Gasteiger partial charge < -0.3 is 10.2 Å². The molecule has 0 aliphatic carbocycles. The average molecular weight is 361 g/mol. The number of nitrogens with one attached hydrogen (secondary N) is 1. The highest BCUT2D eigenvalue weighted by molar-refractivity contribution is 6.31. The van der Waals surface area contributed by atoms with Gasteiger partial charge in [0.1, 0.15) is 0 Å². The Hall–Kier alpha value is -1.85. The summed E-state index contributed by atoms with van der Waals surface area (Å²) in [6, 6.07) is 8.14. The Morgan fingerprint density at radius 3 is 2.76 bits per heavy atom. The van der Waals surface area contributed by atoms with Crippen LogP contribution in [0.4, 0.5) is 5.69 Å². The smallest absolute Gasteiger partial charge is 0.234 e. The van der Waals surface area contributed by atoms with Gasteiger partial charge in [-0.3, -0.25) is 14.7 Å². The van der Waals surface area contributed by atoms with Crippen LogP contribution in [0.5, 0.6) is 0 Å². The van der Waals surface area contributed by atoms with Gasteiger partial charge in [0.2, 0.25) is 5.91 Å². The lowest BCUT2D eigenvalue weighted by atomic mass is 10.1. The van der Waals surface area contributed by atoms with E-state index in [2.05, 4.69) is 33.1 Å². The second-order valence-electron chi connectivity index (χ2n) is 6.63. The molecule has 2 aromatic rings. The van der Waals surface area contributed by atoms with E-state index >= 15 is 0 Å². The van der Waals surface area contributed by atoms with Crippen molar-refractivity contribution < 1.29 is 4.79 Å². The maximum absolute atomic E-state index is 12.1. The highest BCUT2D eigenvalue weighted by Gasteiger charge is 2.21. The van der Waals surface area contributed by atoms with E-state index in [1.54, 1.807) is 0 Å². The van der Waals surface area contributed by atoms with Crippen molar-refractivity contribution in [3.8, 4) is 0 Å². The van der Waals surface area contributed by atoms with Gasteiger partial charge in [-0.15, -0.1) is 0 Å². The number of amides is 1. The van der Waals surface area contributed by atoms with Crippen LogP contribution in [0.3, 0.4) is 0 Å². The predicted octanol–water partition coefficient (Wildman–Crippen LogP) is 2.92. The van der Waals surface area contributed by atoms with E-state index in [1.165, 1.54) is 5.69 Å². The van der Waals surface area contributed by atoms with E-state index in [0.717, 1.165) is 43.5 Å². The number of carbonyl (C=O) groups excluding carboxylic acids is 1. The molecule has 1 fully saturated rings. The topological polar surface area (TPSA) is 48.5 Å². The van der Waals surface area contributed by atoms with Gasteiger partial charge in [0, 0.05) is 54.5 Å². The standard InChI is InChI=1S/C19H25ClN4O/c1-3-14(2)22-19(25)13-23-8-10-24(11-9-23)18-6-7-21-17-12-15(20)4-5-16(17)18/h4-7,12,14H,3,8-11,13H2,1-2H3,(H,22,25). The van der Waals surface area contributed by atoms with E-state index in [-0.39, 0.29) is 11.9 Å². The molecule has 1 aliphatic heterocycles. The van der Waals surface area contributed by atoms with Crippen molar-refractivity contribution in [2.45, 2.75) is 26.3 Å². The third-order valence-electron chi connectivity index (χ3n) is 4.78. The summed E-state index contributed by atoms with van der Waals surface area (Å²) in [5.74, 6) is 0.117. The SMILES string of the molecule is CCC(C)NC(=O)CN1CCN(c2ccnc3cc(Cl)ccc23)CC1. The zero-order chi connectivity index (χ0) is 17.8. The molecule has 1 aromatic heterocycles. The molecule has 1 amide bonds. The first kappa shape index (κ1) is 18.0. The summed E-state index contributed by atoms with van der Waals surface area (Å²) in [6.07, 6.45) is 2.79. The second kappa shape index (κ2) is 8.02. The van der Waals surface area contributed by atoms with Crippen molar-refractivity contribution in [3.05, 3.63) is 35.5 Å². The first-order valence-electron chi connectivity index (χ1n) is 8.87. The summed E-state index contributed by atoms with van der Waals surface area (Å²) in [5, 5.41) is 4.86. The van der Waals surface area contributed by atoms with Crippen LogP contribution in [0, 0.1) is 0 Å². The number of aromatic nitrogens is 1. The first-order chi connectivity index (χ1) is 12.1. The Labute approximate surface area is 154 Å². The monoisotopic (exact) mass is 360 g/mol. The lowest BCUT2D eigenvalue weighted by Gasteiger charge is -2.36. The fourth-order valence-corrected chi connectivity index (χ4v) is 3.32. The van der Waals surface area contributed by atoms with Gasteiger partial charge >= 0.3 is 0 Å². The summed E-state index contributed by atoms with van der Waals surface area (Å²) in [5.41, 5.74) is 2.10. The molecule has 3 rings (SSSR count). The number of hydrogen-bond donors (Lipinski definition) is 1. The van der Waals surface area contributed by atoms with Crippen molar-refractivity contribution in [1.82, 2.24) is 15.2 Å². The average Bonchev–Trinajstić information content (AvgIpc) is 2.61. The van der Waals surface area contributed by atoms with Gasteiger partial charge in [0.25, 0.3) is 0 Å². The molecule has 1 aromatic carbocycles. The van der Waals surface area contributed by atoms with Gasteiger partial charge in [-0.1, -0.05) is 18.5 Å². The van der Waals surface area contributed by atoms with Crippen molar-refractivity contribution >= 4 is 34.1 Å². The number of piperazine rings is 1. The molecule has 25 heavy (non-hydrogen) atoms. The van der Waals surface area contributed by atoms with Gasteiger partial charge in [-0.05, 0) is 37.6 Å². The van der Waals surface area contributed by atoms with Gasteiger partial charge in [-0.2, -0.15) is 0 Å². The van der Waals surface area contributed by atoms with E-state index < -0.39 is 0 Å². The molecule has 0 bridgehead atoms. The Balaban J connectivity index is 1.62. The molecular formula is C19H25ClN4O. The van der Waals surface area contributed by atoms with Crippen LogP contribution in [0.2, 0.25) is 5.02 Å². The molecule has 2 heterocycles. The van der Waals surface area contributed by atoms with E-state index in [9.17, 15) is 4.79 Å². The lowest BCUT2D eigenvalue weighted by molar-refractivity contribution is -0.122. The highest BCUT2D eigenvalue weighted by atomic mass is 35.5. The predicted molar refractivity (Wildman–Crippen MR) is 103 cm³/mol. The van der Waals surface area contributed by atoms with E-state index in [4.69, 9.17) is 11.6 Å². The quantitative estimate of drug-likeness (QED) is 0.890. The molecule has 1 aliphatic rings. The number of halogens is 1. The number of fused-ring (bicyclic) bond motifs is 1. The van der Waals surface area contributed by atoms with Crippen LogP contribution in [0.25, 0.3) is 10.9 Å². The molecule has 1 N–H and O–H groups in total. The summed E-state index contributed by atoms with van der Waals surface area (Å²) in [6.45, 7) is 8.16. The number of anilines is 1. The molecule has 134 valence electrons. The van der Waals surface area contributed by atoms with Crippen molar-refractivity contribution in [2.75, 3.05) is 37.6 Å². The first-order valence-corrected chi connectivity index (χ1v) is 9.25. The van der Waals surface area contributed by atoms with Crippen LogP contribution in [-0.2, 0) is 4.79 Å². The maximum Gasteiger partial charge on any atom is 0.234 e. The second-order valence-corrected chi connectivity index (χ2v) is 7.07. The van der Waals surface area contributed by atoms with Crippen LogP contribution in [-0.4, -0.2) is 54.6 Å². The molecule has 1 saturated heterocycles. The molecule has 0 spiro atoms. The largest absolute Gasteiger partial charge is 0.368 e. The molecule has 0 radical (unpaired) electrons. The zero-order valence-corrected chi connectivity index (χ0v) is 15.6. The highest BCUT2D eigenvalue weighted by Crippen LogP contribution is 2.28. The molecule has 5 nitrogen and oxygen atoms in total. The molecule has 6 heteroatoms. The minimum absolute atomic E-state index is 0.117. The number of carbonyl (C=O) groups is 1. The molecular weight excluding hydrogens is 336 g/mol. The number of hydrogen-bond acceptors (Lipinski definition) is 4. The van der Waals surface area contributed by atoms with Gasteiger partial charge in [0.05, 0.1) is 12.1 Å². The molecule has 1 unspecified atom stereocenters. The van der Waals surface area contributed by atoms with Crippen LogP contribution >= 0.6 is 11.6 Å². The molecule has 1 atom stereocenters. The number of rotatable bonds is 5. The Bertz CT molecular complexity index is 743. The fourth-order valence-electron chi connectivity index (χ4n) is 3.15. The number of nitrogens with zero attached hydrogens (tertiary/aromatic N) is 3. The van der Waals surface area contributed by atoms with Gasteiger partial charge in [-0.25, -0.2) is 0 Å². The third kappa shape index (κ3) is 4.41. The Morgan fingerprint density at radius 2 is 2.04 bits per heavy atom. The number of pyridine rings is 1. The third-order valence-corrected chi connectivity index (χ3v) is 5.02. The summed E-state index contributed by atoms with van der Waals surface area (Å²) < 4.78 is 0. The normalized spacial score (nSPS) is 16.8. The van der Waals surface area contributed by atoms with Crippen LogP contribution < -0.4 is 10.2 Å². The lowest BCUT2D eigenvalue weighted by Crippen LogP contribution is -2.50. The summed E-state index contributed by atoms with van der Waals surface area (Å²) in [4.78, 5) is 21.0. The van der Waals surface area contributed by atoms with E-state index in [1.807, 2.05) is 31.3 Å².